The molecule has 1 aliphatic carbocycles. The van der Waals surface area contributed by atoms with Gasteiger partial charge in [-0.1, -0.05) is 0 Å². The van der Waals surface area contributed by atoms with Gasteiger partial charge in [0.15, 0.2) is 11.6 Å². The van der Waals surface area contributed by atoms with Crippen molar-refractivity contribution < 1.29 is 27.8 Å². The summed E-state index contributed by atoms with van der Waals surface area (Å²) in [5, 5.41) is 5.16. The van der Waals surface area contributed by atoms with Gasteiger partial charge in [-0.2, -0.15) is 0 Å². The van der Waals surface area contributed by atoms with E-state index in [0.29, 0.717) is 30.0 Å². The highest BCUT2D eigenvalue weighted by atomic mass is 19.2. The molecular weight excluding hydrogens is 358 g/mol. The molecule has 1 fully saturated rings. The number of anilines is 2. The lowest BCUT2D eigenvalue weighted by Gasteiger charge is -2.17. The molecule has 3 rings (SSSR count). The van der Waals surface area contributed by atoms with Crippen molar-refractivity contribution >= 4 is 23.2 Å². The van der Waals surface area contributed by atoms with Crippen LogP contribution in [0.5, 0.6) is 11.5 Å². The Bertz CT molecular complexity index is 897. The summed E-state index contributed by atoms with van der Waals surface area (Å²) < 4.78 is 36.6. The van der Waals surface area contributed by atoms with Crippen LogP contribution in [0.25, 0.3) is 0 Å². The highest BCUT2D eigenvalue weighted by Gasteiger charge is 2.56. The summed E-state index contributed by atoms with van der Waals surface area (Å²) in [6, 6.07) is 7.88. The smallest absolute Gasteiger partial charge is 0.240 e. The monoisotopic (exact) mass is 376 g/mol. The minimum absolute atomic E-state index is 0.0833. The van der Waals surface area contributed by atoms with Crippen LogP contribution in [0.3, 0.4) is 0 Å². The third-order valence-electron chi connectivity index (χ3n) is 4.45. The fraction of sp³-hybridized carbons (Fsp3) is 0.263. The molecule has 2 aromatic carbocycles. The summed E-state index contributed by atoms with van der Waals surface area (Å²) in [5.74, 6) is -2.21. The molecule has 0 unspecified atom stereocenters. The molecule has 27 heavy (non-hydrogen) atoms. The minimum Gasteiger partial charge on any atom is -0.497 e. The SMILES string of the molecule is COc1ccc(NC(=O)C2(C(=O)Nc3ccc(F)c(F)c3)CC2)c(OC)c1. The van der Waals surface area contributed by atoms with E-state index in [4.69, 9.17) is 9.47 Å². The number of nitrogens with one attached hydrogen (secondary N) is 2. The van der Waals surface area contributed by atoms with Crippen LogP contribution in [0.15, 0.2) is 36.4 Å². The van der Waals surface area contributed by atoms with Crippen molar-refractivity contribution in [1.29, 1.82) is 0 Å². The van der Waals surface area contributed by atoms with Gasteiger partial charge in [-0.15, -0.1) is 0 Å². The Hall–Kier alpha value is -3.16. The maximum Gasteiger partial charge on any atom is 0.240 e. The molecule has 2 aromatic rings. The minimum atomic E-state index is -1.25. The first-order chi connectivity index (χ1) is 12.9. The lowest BCUT2D eigenvalue weighted by molar-refractivity contribution is -0.131. The molecule has 0 bridgehead atoms. The van der Waals surface area contributed by atoms with Crippen molar-refractivity contribution in [3.8, 4) is 11.5 Å². The third kappa shape index (κ3) is 3.69. The number of hydrogen-bond donors (Lipinski definition) is 2. The Kier molecular flexibility index (Phi) is 4.98. The third-order valence-corrected chi connectivity index (χ3v) is 4.45. The van der Waals surface area contributed by atoms with E-state index in [-0.39, 0.29) is 5.69 Å². The number of ether oxygens (including phenoxy) is 2. The molecule has 0 heterocycles. The highest BCUT2D eigenvalue weighted by molar-refractivity contribution is 6.17. The van der Waals surface area contributed by atoms with Gasteiger partial charge in [-0.25, -0.2) is 8.78 Å². The predicted octanol–water partition coefficient (Wildman–Crippen LogP) is 3.34. The number of halogens is 2. The van der Waals surface area contributed by atoms with Gasteiger partial charge in [0.1, 0.15) is 16.9 Å². The zero-order chi connectivity index (χ0) is 19.6. The molecule has 1 saturated carbocycles. The molecule has 0 aliphatic heterocycles. The molecule has 0 saturated heterocycles. The van der Waals surface area contributed by atoms with Crippen LogP contribution < -0.4 is 20.1 Å². The quantitative estimate of drug-likeness (QED) is 0.758. The second kappa shape index (κ2) is 7.22. The Labute approximate surface area is 154 Å². The number of rotatable bonds is 6. The van der Waals surface area contributed by atoms with Crippen molar-refractivity contribution in [3.63, 3.8) is 0 Å². The summed E-state index contributed by atoms with van der Waals surface area (Å²) in [5.41, 5.74) is -0.772. The van der Waals surface area contributed by atoms with Gasteiger partial charge in [0.25, 0.3) is 0 Å². The molecule has 2 amide bonds. The van der Waals surface area contributed by atoms with Crippen LogP contribution >= 0.6 is 0 Å². The summed E-state index contributed by atoms with van der Waals surface area (Å²) in [6.07, 6.45) is 0.708. The molecule has 0 atom stereocenters. The van der Waals surface area contributed by atoms with Gasteiger partial charge in [-0.3, -0.25) is 9.59 Å². The van der Waals surface area contributed by atoms with E-state index in [1.165, 1.54) is 20.3 Å². The first kappa shape index (κ1) is 18.6. The number of carbonyl (C=O) groups excluding carboxylic acids is 2. The summed E-state index contributed by atoms with van der Waals surface area (Å²) in [4.78, 5) is 25.2. The van der Waals surface area contributed by atoms with E-state index in [2.05, 4.69) is 10.6 Å². The van der Waals surface area contributed by atoms with Gasteiger partial charge in [-0.05, 0) is 37.1 Å². The van der Waals surface area contributed by atoms with Crippen LogP contribution in [0, 0.1) is 17.0 Å². The summed E-state index contributed by atoms with van der Waals surface area (Å²) >= 11 is 0. The summed E-state index contributed by atoms with van der Waals surface area (Å²) in [7, 11) is 2.96. The van der Waals surface area contributed by atoms with Crippen LogP contribution in [0.4, 0.5) is 20.2 Å². The maximum atomic E-state index is 13.3. The van der Waals surface area contributed by atoms with Crippen LogP contribution in [0.1, 0.15) is 12.8 Å². The number of hydrogen-bond acceptors (Lipinski definition) is 4. The van der Waals surface area contributed by atoms with Gasteiger partial charge in [0.05, 0.1) is 19.9 Å². The van der Waals surface area contributed by atoms with E-state index in [1.807, 2.05) is 0 Å². The summed E-state index contributed by atoms with van der Waals surface area (Å²) in [6.45, 7) is 0. The topological polar surface area (TPSA) is 76.7 Å². The van der Waals surface area contributed by atoms with E-state index in [9.17, 15) is 18.4 Å². The van der Waals surface area contributed by atoms with Crippen LogP contribution in [0.2, 0.25) is 0 Å². The molecule has 8 heteroatoms. The van der Waals surface area contributed by atoms with Gasteiger partial charge in [0.2, 0.25) is 11.8 Å². The molecule has 1 aliphatic rings. The fourth-order valence-electron chi connectivity index (χ4n) is 2.65. The number of amides is 2. The molecule has 2 N–H and O–H groups in total. The van der Waals surface area contributed by atoms with Crippen molar-refractivity contribution in [2.45, 2.75) is 12.8 Å². The first-order valence-corrected chi connectivity index (χ1v) is 8.19. The van der Waals surface area contributed by atoms with Crippen molar-refractivity contribution in [2.24, 2.45) is 5.41 Å². The number of benzene rings is 2. The van der Waals surface area contributed by atoms with E-state index < -0.39 is 28.9 Å². The van der Waals surface area contributed by atoms with Gasteiger partial charge >= 0.3 is 0 Å². The van der Waals surface area contributed by atoms with E-state index in [0.717, 1.165) is 12.1 Å². The molecule has 142 valence electrons. The van der Waals surface area contributed by atoms with Crippen molar-refractivity contribution in [3.05, 3.63) is 48.0 Å². The second-order valence-electron chi connectivity index (χ2n) is 6.19. The zero-order valence-corrected chi connectivity index (χ0v) is 14.8. The standard InChI is InChI=1S/C19H18F2N2O4/c1-26-12-4-6-15(16(10-12)27-2)23-18(25)19(7-8-19)17(24)22-11-3-5-13(20)14(21)9-11/h3-6,9-10H,7-8H2,1-2H3,(H,22,24)(H,23,25). The molecule has 0 aromatic heterocycles. The molecule has 0 spiro atoms. The predicted molar refractivity (Wildman–Crippen MR) is 94.8 cm³/mol. The normalized spacial score (nSPS) is 14.2. The van der Waals surface area contributed by atoms with Gasteiger partial charge < -0.3 is 20.1 Å². The Morgan fingerprint density at radius 3 is 2.22 bits per heavy atom. The number of methoxy groups -OCH3 is 2. The Morgan fingerprint density at radius 2 is 1.63 bits per heavy atom. The largest absolute Gasteiger partial charge is 0.497 e. The average molecular weight is 376 g/mol. The van der Waals surface area contributed by atoms with Crippen LogP contribution in [-0.2, 0) is 9.59 Å². The van der Waals surface area contributed by atoms with Crippen molar-refractivity contribution in [2.75, 3.05) is 24.9 Å². The maximum absolute atomic E-state index is 13.3. The highest BCUT2D eigenvalue weighted by Crippen LogP contribution is 2.48. The van der Waals surface area contributed by atoms with Gasteiger partial charge in [0, 0.05) is 17.8 Å². The molecule has 0 radical (unpaired) electrons. The van der Waals surface area contributed by atoms with E-state index >= 15 is 0 Å². The zero-order valence-electron chi connectivity index (χ0n) is 14.8. The molecular formula is C19H18F2N2O4. The Balaban J connectivity index is 1.74. The fourth-order valence-corrected chi connectivity index (χ4v) is 2.65. The lowest BCUT2D eigenvalue weighted by atomic mass is 10.0. The van der Waals surface area contributed by atoms with Crippen molar-refractivity contribution in [1.82, 2.24) is 0 Å². The second-order valence-corrected chi connectivity index (χ2v) is 6.19. The average Bonchev–Trinajstić information content (AvgIpc) is 3.47. The van der Waals surface area contributed by atoms with Crippen LogP contribution in [-0.4, -0.2) is 26.0 Å². The Morgan fingerprint density at radius 1 is 0.926 bits per heavy atom. The number of carbonyl (C=O) groups is 2. The van der Waals surface area contributed by atoms with E-state index in [1.54, 1.807) is 18.2 Å². The molecule has 6 nitrogen and oxygen atoms in total. The lowest BCUT2D eigenvalue weighted by Crippen LogP contribution is -2.35. The first-order valence-electron chi connectivity index (χ1n) is 8.19.